The molecular formula is C12H11Cl2N3O. The topological polar surface area (TPSA) is 57.8 Å². The van der Waals surface area contributed by atoms with Crippen molar-refractivity contribution in [3.8, 4) is 0 Å². The van der Waals surface area contributed by atoms with Crippen LogP contribution in [0, 0.1) is 0 Å². The molecule has 1 heterocycles. The van der Waals surface area contributed by atoms with Crippen molar-refractivity contribution in [2.75, 3.05) is 0 Å². The van der Waals surface area contributed by atoms with E-state index in [-0.39, 0.29) is 11.9 Å². The summed E-state index contributed by atoms with van der Waals surface area (Å²) in [6.45, 7) is 1.86. The average Bonchev–Trinajstić information content (AvgIpc) is 2.85. The van der Waals surface area contributed by atoms with Crippen LogP contribution in [0.2, 0.25) is 10.0 Å². The smallest absolute Gasteiger partial charge is 0.253 e. The first-order valence-electron chi connectivity index (χ1n) is 5.32. The molecule has 0 aliphatic rings. The Bertz CT molecular complexity index is 554. The van der Waals surface area contributed by atoms with Gasteiger partial charge in [0.1, 0.15) is 0 Å². The summed E-state index contributed by atoms with van der Waals surface area (Å²) in [5.41, 5.74) is 1.25. The number of hydrogen-bond acceptors (Lipinski definition) is 2. The Labute approximate surface area is 114 Å². The number of H-pyrrole nitrogens is 1. The molecule has 0 aliphatic heterocycles. The van der Waals surface area contributed by atoms with Crippen LogP contribution in [0.15, 0.2) is 30.6 Å². The number of aromatic nitrogens is 2. The van der Waals surface area contributed by atoms with E-state index in [2.05, 4.69) is 15.5 Å². The van der Waals surface area contributed by atoms with Gasteiger partial charge in [0.2, 0.25) is 0 Å². The number of halogens is 2. The van der Waals surface area contributed by atoms with Gasteiger partial charge in [-0.25, -0.2) is 0 Å². The van der Waals surface area contributed by atoms with Gasteiger partial charge in [-0.3, -0.25) is 9.89 Å². The summed E-state index contributed by atoms with van der Waals surface area (Å²) in [6.07, 6.45) is 3.38. The number of nitrogens with one attached hydrogen (secondary N) is 2. The molecular weight excluding hydrogens is 273 g/mol. The molecule has 0 bridgehead atoms. The predicted molar refractivity (Wildman–Crippen MR) is 70.9 cm³/mol. The Morgan fingerprint density at radius 1 is 1.44 bits per heavy atom. The molecule has 0 spiro atoms. The van der Waals surface area contributed by atoms with E-state index >= 15 is 0 Å². The number of benzene rings is 1. The number of carbonyl (C=O) groups is 1. The van der Waals surface area contributed by atoms with Crippen molar-refractivity contribution in [3.63, 3.8) is 0 Å². The van der Waals surface area contributed by atoms with Crippen LogP contribution < -0.4 is 5.32 Å². The Balaban J connectivity index is 2.15. The molecule has 2 N–H and O–H groups in total. The van der Waals surface area contributed by atoms with Gasteiger partial charge in [0, 0.05) is 16.8 Å². The minimum absolute atomic E-state index is 0.161. The van der Waals surface area contributed by atoms with Crippen molar-refractivity contribution < 1.29 is 4.79 Å². The minimum Gasteiger partial charge on any atom is -0.345 e. The lowest BCUT2D eigenvalue weighted by Crippen LogP contribution is -2.26. The largest absolute Gasteiger partial charge is 0.345 e. The van der Waals surface area contributed by atoms with Crippen molar-refractivity contribution in [1.29, 1.82) is 0 Å². The van der Waals surface area contributed by atoms with Gasteiger partial charge >= 0.3 is 0 Å². The monoisotopic (exact) mass is 283 g/mol. The number of hydrogen-bond donors (Lipinski definition) is 2. The Morgan fingerprint density at radius 3 is 2.89 bits per heavy atom. The van der Waals surface area contributed by atoms with Crippen LogP contribution in [0.5, 0.6) is 0 Å². The third-order valence-corrected chi connectivity index (χ3v) is 3.10. The fraction of sp³-hybridized carbons (Fsp3) is 0.167. The van der Waals surface area contributed by atoms with Crippen LogP contribution in [0.1, 0.15) is 28.9 Å². The van der Waals surface area contributed by atoms with E-state index < -0.39 is 0 Å². The molecule has 0 aliphatic carbocycles. The average molecular weight is 284 g/mol. The number of rotatable bonds is 3. The van der Waals surface area contributed by atoms with Crippen molar-refractivity contribution in [2.45, 2.75) is 13.0 Å². The molecule has 4 nitrogen and oxygen atoms in total. The van der Waals surface area contributed by atoms with Gasteiger partial charge in [0.25, 0.3) is 5.91 Å². The maximum absolute atomic E-state index is 12.0. The van der Waals surface area contributed by atoms with Crippen molar-refractivity contribution in [3.05, 3.63) is 51.8 Å². The molecule has 94 valence electrons. The predicted octanol–water partition coefficient (Wildman–Crippen LogP) is 3.21. The highest BCUT2D eigenvalue weighted by Crippen LogP contribution is 2.21. The van der Waals surface area contributed by atoms with E-state index in [4.69, 9.17) is 23.2 Å². The Hall–Kier alpha value is -1.52. The van der Waals surface area contributed by atoms with E-state index in [1.165, 1.54) is 0 Å². The van der Waals surface area contributed by atoms with E-state index in [0.29, 0.717) is 15.6 Å². The number of carbonyl (C=O) groups excluding carboxylic acids is 1. The highest BCUT2D eigenvalue weighted by Gasteiger charge is 2.15. The summed E-state index contributed by atoms with van der Waals surface area (Å²) >= 11 is 11.8. The summed E-state index contributed by atoms with van der Waals surface area (Å²) in [7, 11) is 0. The van der Waals surface area contributed by atoms with Crippen LogP contribution in [-0.4, -0.2) is 16.1 Å². The summed E-state index contributed by atoms with van der Waals surface area (Å²) in [5.74, 6) is -0.267. The van der Waals surface area contributed by atoms with Gasteiger partial charge < -0.3 is 5.32 Å². The van der Waals surface area contributed by atoms with Crippen LogP contribution >= 0.6 is 23.2 Å². The SMILES string of the molecule is CC(NC(=O)c1cc(Cl)ccc1Cl)c1cn[nH]c1. The molecule has 1 amide bonds. The van der Waals surface area contributed by atoms with E-state index in [1.54, 1.807) is 30.6 Å². The summed E-state index contributed by atoms with van der Waals surface area (Å²) in [6, 6.07) is 4.62. The molecule has 1 atom stereocenters. The lowest BCUT2D eigenvalue weighted by molar-refractivity contribution is 0.0940. The molecule has 0 saturated carbocycles. The van der Waals surface area contributed by atoms with Crippen LogP contribution in [0.4, 0.5) is 0 Å². The molecule has 18 heavy (non-hydrogen) atoms. The third-order valence-electron chi connectivity index (χ3n) is 2.54. The lowest BCUT2D eigenvalue weighted by Gasteiger charge is -2.12. The summed E-state index contributed by atoms with van der Waals surface area (Å²) in [4.78, 5) is 12.0. The lowest BCUT2D eigenvalue weighted by atomic mass is 10.1. The summed E-state index contributed by atoms with van der Waals surface area (Å²) in [5, 5.41) is 10.2. The van der Waals surface area contributed by atoms with E-state index in [1.807, 2.05) is 6.92 Å². The van der Waals surface area contributed by atoms with Crippen molar-refractivity contribution in [1.82, 2.24) is 15.5 Å². The fourth-order valence-corrected chi connectivity index (χ4v) is 1.90. The van der Waals surface area contributed by atoms with Gasteiger partial charge in [-0.2, -0.15) is 5.10 Å². The molecule has 1 unspecified atom stereocenters. The number of amides is 1. The zero-order chi connectivity index (χ0) is 13.1. The molecule has 2 aromatic rings. The second-order valence-corrected chi connectivity index (χ2v) is 4.69. The molecule has 0 radical (unpaired) electrons. The maximum atomic E-state index is 12.0. The van der Waals surface area contributed by atoms with Gasteiger partial charge in [0.05, 0.1) is 22.8 Å². The highest BCUT2D eigenvalue weighted by molar-refractivity contribution is 6.35. The van der Waals surface area contributed by atoms with Gasteiger partial charge in [-0.1, -0.05) is 23.2 Å². The van der Waals surface area contributed by atoms with Gasteiger partial charge in [-0.15, -0.1) is 0 Å². The van der Waals surface area contributed by atoms with Crippen molar-refractivity contribution >= 4 is 29.1 Å². The molecule has 0 saturated heterocycles. The molecule has 6 heteroatoms. The number of nitrogens with zero attached hydrogens (tertiary/aromatic N) is 1. The zero-order valence-corrected chi connectivity index (χ0v) is 11.1. The number of aromatic amines is 1. The van der Waals surface area contributed by atoms with E-state index in [9.17, 15) is 4.79 Å². The normalized spacial score (nSPS) is 12.2. The van der Waals surface area contributed by atoms with Crippen LogP contribution in [-0.2, 0) is 0 Å². The first kappa shape index (κ1) is 12.9. The first-order valence-corrected chi connectivity index (χ1v) is 6.08. The highest BCUT2D eigenvalue weighted by atomic mass is 35.5. The second kappa shape index (κ2) is 5.42. The zero-order valence-electron chi connectivity index (χ0n) is 9.58. The minimum atomic E-state index is -0.267. The van der Waals surface area contributed by atoms with Gasteiger partial charge in [0.15, 0.2) is 0 Å². The fourth-order valence-electron chi connectivity index (χ4n) is 1.53. The van der Waals surface area contributed by atoms with Crippen LogP contribution in [0.3, 0.4) is 0 Å². The Kier molecular flexibility index (Phi) is 3.89. The quantitative estimate of drug-likeness (QED) is 0.909. The van der Waals surface area contributed by atoms with Crippen LogP contribution in [0.25, 0.3) is 0 Å². The van der Waals surface area contributed by atoms with Gasteiger partial charge in [-0.05, 0) is 25.1 Å². The van der Waals surface area contributed by atoms with E-state index in [0.717, 1.165) is 5.56 Å². The molecule has 0 fully saturated rings. The molecule has 1 aromatic heterocycles. The Morgan fingerprint density at radius 2 is 2.22 bits per heavy atom. The standard InChI is InChI=1S/C12H11Cl2N3O/c1-7(8-5-15-16-6-8)17-12(18)10-4-9(13)2-3-11(10)14/h2-7H,1H3,(H,15,16)(H,17,18). The summed E-state index contributed by atoms with van der Waals surface area (Å²) < 4.78 is 0. The van der Waals surface area contributed by atoms with Crippen molar-refractivity contribution in [2.24, 2.45) is 0 Å². The first-order chi connectivity index (χ1) is 8.58. The molecule has 2 rings (SSSR count). The molecule has 1 aromatic carbocycles. The maximum Gasteiger partial charge on any atom is 0.253 e. The second-order valence-electron chi connectivity index (χ2n) is 3.85. The third kappa shape index (κ3) is 2.83.